The molecule has 4 aromatic rings. The normalized spacial score (nSPS) is 12.3. The van der Waals surface area contributed by atoms with Crippen LogP contribution in [0.15, 0.2) is 59.2 Å². The second-order valence-electron chi connectivity index (χ2n) is 6.12. The largest absolute Gasteiger partial charge is 0.337 e. The molecule has 0 saturated carbocycles. The van der Waals surface area contributed by atoms with E-state index in [2.05, 4.69) is 43.7 Å². The zero-order valence-corrected chi connectivity index (χ0v) is 14.6. The van der Waals surface area contributed by atoms with Crippen LogP contribution in [0.4, 0.5) is 5.95 Å². The topological polar surface area (TPSA) is 78.8 Å². The van der Waals surface area contributed by atoms with Gasteiger partial charge in [0, 0.05) is 5.39 Å². The Hall–Kier alpha value is -3.54. The molecule has 0 aliphatic rings. The number of hydrogen-bond acceptors (Lipinski definition) is 5. The number of nitrogens with one attached hydrogen (secondary N) is 2. The molecule has 0 spiro atoms. The molecule has 128 valence electrons. The number of nitrogens with zero attached hydrogens (tertiary/aromatic N) is 4. The molecule has 0 saturated heterocycles. The third kappa shape index (κ3) is 3.17. The maximum Gasteiger partial charge on any atom is 0.265 e. The predicted octanol–water partition coefficient (Wildman–Crippen LogP) is 4.32. The van der Waals surface area contributed by atoms with Crippen LogP contribution < -0.4 is 5.43 Å². The number of para-hydroxylation sites is 1. The van der Waals surface area contributed by atoms with Gasteiger partial charge in [-0.3, -0.25) is 0 Å². The number of rotatable bonds is 4. The monoisotopic (exact) mass is 342 g/mol. The molecule has 0 radical (unpaired) electrons. The molecule has 2 N–H and O–H groups in total. The van der Waals surface area contributed by atoms with E-state index in [9.17, 15) is 0 Å². The van der Waals surface area contributed by atoms with Crippen molar-refractivity contribution in [2.45, 2.75) is 13.8 Å². The summed E-state index contributed by atoms with van der Waals surface area (Å²) in [6.45, 7) is 4.04. The van der Waals surface area contributed by atoms with Crippen LogP contribution >= 0.6 is 0 Å². The molecule has 4 rings (SSSR count). The number of aryl methyl sites for hydroxylation is 1. The van der Waals surface area contributed by atoms with E-state index in [0.717, 1.165) is 33.1 Å². The summed E-state index contributed by atoms with van der Waals surface area (Å²) >= 11 is 0. The van der Waals surface area contributed by atoms with Crippen LogP contribution in [0.25, 0.3) is 28.1 Å². The van der Waals surface area contributed by atoms with E-state index in [1.807, 2.05) is 55.5 Å². The number of aromatic amines is 1. The average Bonchev–Trinajstić information content (AvgIpc) is 3.02. The van der Waals surface area contributed by atoms with E-state index in [0.29, 0.717) is 11.6 Å². The highest BCUT2D eigenvalue weighted by Crippen LogP contribution is 2.24. The summed E-state index contributed by atoms with van der Waals surface area (Å²) in [4.78, 5) is 7.76. The fourth-order valence-corrected chi connectivity index (χ4v) is 2.83. The highest BCUT2D eigenvalue weighted by Gasteiger charge is 2.09. The number of anilines is 1. The van der Waals surface area contributed by atoms with Gasteiger partial charge in [-0.1, -0.05) is 54.6 Å². The van der Waals surface area contributed by atoms with Crippen molar-refractivity contribution in [2.24, 2.45) is 5.10 Å². The van der Waals surface area contributed by atoms with E-state index >= 15 is 0 Å². The van der Waals surface area contributed by atoms with Crippen molar-refractivity contribution in [2.75, 3.05) is 5.43 Å². The van der Waals surface area contributed by atoms with E-state index in [4.69, 9.17) is 0 Å². The SMILES string of the molecule is CC(C=NNc1nnc2c(n1)[nH]c1c(C)cccc12)=Cc1ccccc1. The van der Waals surface area contributed by atoms with E-state index < -0.39 is 0 Å². The Morgan fingerprint density at radius 3 is 2.77 bits per heavy atom. The van der Waals surface area contributed by atoms with E-state index in [1.165, 1.54) is 0 Å². The number of aromatic nitrogens is 4. The van der Waals surface area contributed by atoms with Crippen molar-refractivity contribution in [1.82, 2.24) is 20.2 Å². The van der Waals surface area contributed by atoms with Crippen LogP contribution in [0.3, 0.4) is 0 Å². The molecule has 6 heteroatoms. The lowest BCUT2D eigenvalue weighted by atomic mass is 10.1. The molecular formula is C20H18N6. The zero-order chi connectivity index (χ0) is 17.9. The van der Waals surface area contributed by atoms with Crippen LogP contribution in [0.2, 0.25) is 0 Å². The Bertz CT molecular complexity index is 1130. The van der Waals surface area contributed by atoms with Crippen LogP contribution in [-0.2, 0) is 0 Å². The van der Waals surface area contributed by atoms with E-state index in [1.54, 1.807) is 6.21 Å². The minimum Gasteiger partial charge on any atom is -0.337 e. The lowest BCUT2D eigenvalue weighted by molar-refractivity contribution is 1.01. The molecule has 0 aliphatic carbocycles. The fourth-order valence-electron chi connectivity index (χ4n) is 2.83. The first-order valence-corrected chi connectivity index (χ1v) is 8.35. The average molecular weight is 342 g/mol. The number of fused-ring (bicyclic) bond motifs is 3. The third-order valence-corrected chi connectivity index (χ3v) is 4.08. The molecule has 26 heavy (non-hydrogen) atoms. The van der Waals surface area contributed by atoms with Gasteiger partial charge in [-0.25, -0.2) is 5.43 Å². The van der Waals surface area contributed by atoms with Gasteiger partial charge in [-0.15, -0.1) is 10.2 Å². The van der Waals surface area contributed by atoms with Crippen molar-refractivity contribution in [3.8, 4) is 0 Å². The maximum absolute atomic E-state index is 4.46. The van der Waals surface area contributed by atoms with Crippen molar-refractivity contribution >= 4 is 40.3 Å². The second-order valence-corrected chi connectivity index (χ2v) is 6.12. The van der Waals surface area contributed by atoms with Crippen molar-refractivity contribution < 1.29 is 0 Å². The summed E-state index contributed by atoms with van der Waals surface area (Å²) in [6.07, 6.45) is 3.78. The standard InChI is InChI=1S/C20H18N6/c1-13(11-15-8-4-3-5-9-15)12-21-25-20-23-19-18(24-26-20)16-10-6-7-14(2)17(16)22-19/h3-12H,1-2H3,(H2,22,23,25,26). The Labute approximate surface area is 150 Å². The van der Waals surface area contributed by atoms with Crippen LogP contribution in [0.5, 0.6) is 0 Å². The maximum atomic E-state index is 4.46. The molecule has 0 aliphatic heterocycles. The lowest BCUT2D eigenvalue weighted by Crippen LogP contribution is -1.98. The van der Waals surface area contributed by atoms with Crippen molar-refractivity contribution in [3.63, 3.8) is 0 Å². The molecule has 0 atom stereocenters. The summed E-state index contributed by atoms with van der Waals surface area (Å²) in [5, 5.41) is 13.6. The highest BCUT2D eigenvalue weighted by atomic mass is 15.4. The van der Waals surface area contributed by atoms with Crippen molar-refractivity contribution in [1.29, 1.82) is 0 Å². The number of hydrogen-bond donors (Lipinski definition) is 2. The molecule has 2 heterocycles. The molecular weight excluding hydrogens is 324 g/mol. The highest BCUT2D eigenvalue weighted by molar-refractivity contribution is 6.04. The molecule has 2 aromatic carbocycles. The van der Waals surface area contributed by atoms with Gasteiger partial charge in [0.05, 0.1) is 11.7 Å². The first-order chi connectivity index (χ1) is 12.7. The van der Waals surface area contributed by atoms with E-state index in [-0.39, 0.29) is 0 Å². The Kier molecular flexibility index (Phi) is 4.15. The zero-order valence-electron chi connectivity index (χ0n) is 14.6. The molecule has 0 unspecified atom stereocenters. The van der Waals surface area contributed by atoms with Crippen LogP contribution in [-0.4, -0.2) is 26.4 Å². The van der Waals surface area contributed by atoms with Gasteiger partial charge >= 0.3 is 0 Å². The summed E-state index contributed by atoms with van der Waals surface area (Å²) in [7, 11) is 0. The summed E-state index contributed by atoms with van der Waals surface area (Å²) in [5.74, 6) is 0.352. The molecule has 0 fully saturated rings. The molecule has 0 amide bonds. The Morgan fingerprint density at radius 1 is 1.08 bits per heavy atom. The van der Waals surface area contributed by atoms with Crippen molar-refractivity contribution in [3.05, 3.63) is 65.2 Å². The quantitative estimate of drug-likeness (QED) is 0.428. The fraction of sp³-hybridized carbons (Fsp3) is 0.100. The van der Waals surface area contributed by atoms with Gasteiger partial charge in [0.25, 0.3) is 5.95 Å². The van der Waals surface area contributed by atoms with Crippen LogP contribution in [0.1, 0.15) is 18.1 Å². The smallest absolute Gasteiger partial charge is 0.265 e. The molecule has 0 bridgehead atoms. The summed E-state index contributed by atoms with van der Waals surface area (Å²) < 4.78 is 0. The van der Waals surface area contributed by atoms with Gasteiger partial charge < -0.3 is 4.98 Å². The number of H-pyrrole nitrogens is 1. The first-order valence-electron chi connectivity index (χ1n) is 8.35. The molecule has 6 nitrogen and oxygen atoms in total. The van der Waals surface area contributed by atoms with Gasteiger partial charge in [-0.05, 0) is 30.5 Å². The van der Waals surface area contributed by atoms with Gasteiger partial charge in [0.15, 0.2) is 5.65 Å². The number of benzene rings is 2. The Balaban J connectivity index is 1.55. The van der Waals surface area contributed by atoms with Crippen LogP contribution in [0, 0.1) is 6.92 Å². The number of hydrazone groups is 1. The van der Waals surface area contributed by atoms with Gasteiger partial charge in [-0.2, -0.15) is 10.1 Å². The summed E-state index contributed by atoms with van der Waals surface area (Å²) in [5.41, 5.74) is 8.62. The minimum absolute atomic E-state index is 0.352. The minimum atomic E-state index is 0.352. The lowest BCUT2D eigenvalue weighted by Gasteiger charge is -1.98. The van der Waals surface area contributed by atoms with Gasteiger partial charge in [0.1, 0.15) is 5.52 Å². The summed E-state index contributed by atoms with van der Waals surface area (Å²) in [6, 6.07) is 16.2. The number of allylic oxidation sites excluding steroid dienone is 1. The third-order valence-electron chi connectivity index (χ3n) is 4.08. The first kappa shape index (κ1) is 16.0. The Morgan fingerprint density at radius 2 is 1.92 bits per heavy atom. The second kappa shape index (κ2) is 6.76. The molecule has 2 aromatic heterocycles. The van der Waals surface area contributed by atoms with Gasteiger partial charge in [0.2, 0.25) is 0 Å². The predicted molar refractivity (Wildman–Crippen MR) is 106 cm³/mol.